The number of hydrogen-bond donors (Lipinski definition) is 1. The maximum Gasteiger partial charge on any atom is 0.130 e. The molecule has 1 N–H and O–H groups in total. The van der Waals surface area contributed by atoms with Gasteiger partial charge in [0.15, 0.2) is 0 Å². The molecular formula is C28H30FNOS. The van der Waals surface area contributed by atoms with Crippen molar-refractivity contribution in [2.45, 2.75) is 64.4 Å². The zero-order valence-electron chi connectivity index (χ0n) is 18.8. The molecule has 0 radical (unpaired) electrons. The lowest BCUT2D eigenvalue weighted by molar-refractivity contribution is -0.0886. The third kappa shape index (κ3) is 2.59. The van der Waals surface area contributed by atoms with Crippen molar-refractivity contribution < 1.29 is 9.50 Å². The fraction of sp³-hybridized carbons (Fsp3) is 0.536. The molecule has 0 amide bonds. The largest absolute Gasteiger partial charge is 0.377 e. The first-order valence-corrected chi connectivity index (χ1v) is 12.8. The third-order valence-electron chi connectivity index (χ3n) is 9.75. The minimum absolute atomic E-state index is 0.139. The van der Waals surface area contributed by atoms with Crippen LogP contribution in [0.15, 0.2) is 30.3 Å². The Balaban J connectivity index is 1.38. The number of hydrogen-bond acceptors (Lipinski definition) is 3. The fourth-order valence-corrected chi connectivity index (χ4v) is 9.16. The van der Waals surface area contributed by atoms with E-state index in [2.05, 4.69) is 25.8 Å². The average Bonchev–Trinajstić information content (AvgIpc) is 3.33. The van der Waals surface area contributed by atoms with Crippen LogP contribution < -0.4 is 0 Å². The minimum Gasteiger partial charge on any atom is -0.377 e. The van der Waals surface area contributed by atoms with Gasteiger partial charge in [0.2, 0.25) is 0 Å². The number of fused-ring (bicyclic) bond motifs is 7. The van der Waals surface area contributed by atoms with Crippen molar-refractivity contribution in [1.82, 2.24) is 4.98 Å². The summed E-state index contributed by atoms with van der Waals surface area (Å²) in [6.07, 6.45) is 15.4. The van der Waals surface area contributed by atoms with Crippen molar-refractivity contribution in [3.63, 3.8) is 0 Å². The molecule has 0 bridgehead atoms. The van der Waals surface area contributed by atoms with E-state index in [1.165, 1.54) is 22.2 Å². The van der Waals surface area contributed by atoms with E-state index in [1.54, 1.807) is 23.5 Å². The molecule has 6 rings (SSSR count). The number of aliphatic hydroxyl groups is 1. The third-order valence-corrected chi connectivity index (χ3v) is 10.9. The molecule has 2 nitrogen and oxygen atoms in total. The first-order valence-electron chi connectivity index (χ1n) is 12.0. The summed E-state index contributed by atoms with van der Waals surface area (Å²) in [6.45, 7) is 4.71. The highest BCUT2D eigenvalue weighted by Gasteiger charge is 2.63. The number of halogens is 1. The highest BCUT2D eigenvalue weighted by Crippen LogP contribution is 2.68. The number of terminal acetylenes is 1. The van der Waals surface area contributed by atoms with Crippen molar-refractivity contribution in [2.24, 2.45) is 28.6 Å². The molecule has 2 fully saturated rings. The van der Waals surface area contributed by atoms with E-state index in [0.29, 0.717) is 17.8 Å². The van der Waals surface area contributed by atoms with Gasteiger partial charge in [-0.1, -0.05) is 38.0 Å². The number of benzene rings is 1. The second kappa shape index (κ2) is 6.78. The topological polar surface area (TPSA) is 33.1 Å². The molecule has 2 saturated carbocycles. The van der Waals surface area contributed by atoms with E-state index in [-0.39, 0.29) is 16.6 Å². The summed E-state index contributed by atoms with van der Waals surface area (Å²) >= 11 is 1.73. The highest BCUT2D eigenvalue weighted by molar-refractivity contribution is 7.16. The summed E-state index contributed by atoms with van der Waals surface area (Å²) in [5, 5.41) is 12.1. The zero-order valence-corrected chi connectivity index (χ0v) is 19.6. The average molecular weight is 448 g/mol. The summed E-state index contributed by atoms with van der Waals surface area (Å²) in [5.41, 5.74) is 2.53. The van der Waals surface area contributed by atoms with E-state index in [9.17, 15) is 9.50 Å². The Labute approximate surface area is 194 Å². The lowest BCUT2D eigenvalue weighted by Crippen LogP contribution is -2.53. The number of aromatic nitrogens is 1. The van der Waals surface area contributed by atoms with Gasteiger partial charge in [0, 0.05) is 11.0 Å². The van der Waals surface area contributed by atoms with Gasteiger partial charge < -0.3 is 5.11 Å². The predicted octanol–water partition coefficient (Wildman–Crippen LogP) is 6.50. The lowest BCUT2D eigenvalue weighted by atomic mass is 9.47. The monoisotopic (exact) mass is 447 g/mol. The predicted molar refractivity (Wildman–Crippen MR) is 127 cm³/mol. The summed E-state index contributed by atoms with van der Waals surface area (Å²) in [7, 11) is 0. The Bertz CT molecular complexity index is 1180. The quantitative estimate of drug-likeness (QED) is 0.507. The van der Waals surface area contributed by atoms with Crippen LogP contribution in [0.1, 0.15) is 62.9 Å². The summed E-state index contributed by atoms with van der Waals surface area (Å²) in [4.78, 5) is 6.25. The molecule has 1 aromatic carbocycles. The van der Waals surface area contributed by atoms with Crippen LogP contribution in [-0.2, 0) is 6.42 Å². The SMILES string of the molecule is C#C[C@]1(O)CC[C@H]2[C@@H]3CC=C4c5sc(-c6cccc(F)c6)nc5CC[C@]4(C)[C@H]3CC[C@@]21C. The van der Waals surface area contributed by atoms with Gasteiger partial charge in [0.1, 0.15) is 16.4 Å². The molecule has 1 aromatic heterocycles. The van der Waals surface area contributed by atoms with Gasteiger partial charge in [-0.25, -0.2) is 9.37 Å². The van der Waals surface area contributed by atoms with E-state index in [1.807, 2.05) is 6.07 Å². The molecule has 4 aliphatic rings. The van der Waals surface area contributed by atoms with Gasteiger partial charge in [-0.3, -0.25) is 0 Å². The first-order chi connectivity index (χ1) is 15.3. The number of thiazole rings is 1. The van der Waals surface area contributed by atoms with Crippen LogP contribution in [0.5, 0.6) is 0 Å². The standard InChI is InChI=1S/C28H30FNOS/c1-4-28(31)15-11-21-19-8-9-22-24-23(30-25(32-24)17-6-5-7-18(29)16-17)12-13-26(22,2)20(19)10-14-27(21,28)3/h1,5-7,9,16,19-21,31H,8,10-15H2,2-3H3/t19-,20+,21+,26-,27+,28+/m1/s1. The molecule has 2 aromatic rings. The van der Waals surface area contributed by atoms with Crippen molar-refractivity contribution in [1.29, 1.82) is 0 Å². The summed E-state index contributed by atoms with van der Waals surface area (Å²) in [5.74, 6) is 4.26. The Morgan fingerprint density at radius 1 is 1.19 bits per heavy atom. The molecule has 4 aliphatic carbocycles. The van der Waals surface area contributed by atoms with E-state index < -0.39 is 5.60 Å². The molecule has 0 aliphatic heterocycles. The normalized spacial score (nSPS) is 39.8. The summed E-state index contributed by atoms with van der Waals surface area (Å²) in [6, 6.07) is 6.78. The first kappa shape index (κ1) is 20.6. The highest BCUT2D eigenvalue weighted by atomic mass is 32.1. The summed E-state index contributed by atoms with van der Waals surface area (Å²) < 4.78 is 13.8. The van der Waals surface area contributed by atoms with E-state index in [4.69, 9.17) is 11.4 Å². The second-order valence-electron chi connectivity index (χ2n) is 11.0. The van der Waals surface area contributed by atoms with Gasteiger partial charge in [-0.05, 0) is 85.8 Å². The number of rotatable bonds is 1. The van der Waals surface area contributed by atoms with E-state index in [0.717, 1.165) is 55.5 Å². The maximum atomic E-state index is 13.8. The van der Waals surface area contributed by atoms with Gasteiger partial charge in [0.25, 0.3) is 0 Å². The van der Waals surface area contributed by atoms with E-state index >= 15 is 0 Å². The Kier molecular flexibility index (Phi) is 4.37. The molecule has 0 saturated heterocycles. The number of aryl methyl sites for hydroxylation is 1. The Hall–Kier alpha value is -1.96. The Morgan fingerprint density at radius 3 is 2.78 bits per heavy atom. The van der Waals surface area contributed by atoms with Gasteiger partial charge >= 0.3 is 0 Å². The molecule has 4 heteroatoms. The molecular weight excluding hydrogens is 417 g/mol. The number of nitrogens with zero attached hydrogens (tertiary/aromatic N) is 1. The second-order valence-corrected chi connectivity index (χ2v) is 12.0. The van der Waals surface area contributed by atoms with Crippen LogP contribution in [0.4, 0.5) is 4.39 Å². The fourth-order valence-electron chi connectivity index (χ4n) is 7.87. The van der Waals surface area contributed by atoms with Crippen molar-refractivity contribution in [2.75, 3.05) is 0 Å². The lowest BCUT2D eigenvalue weighted by Gasteiger charge is -2.57. The van der Waals surface area contributed by atoms with Crippen LogP contribution in [-0.4, -0.2) is 15.7 Å². The van der Waals surface area contributed by atoms with Crippen LogP contribution in [0.25, 0.3) is 16.1 Å². The van der Waals surface area contributed by atoms with Gasteiger partial charge in [-0.15, -0.1) is 17.8 Å². The molecule has 0 spiro atoms. The minimum atomic E-state index is -0.954. The van der Waals surface area contributed by atoms with Crippen molar-refractivity contribution in [3.8, 4) is 22.9 Å². The van der Waals surface area contributed by atoms with Crippen LogP contribution in [0.3, 0.4) is 0 Å². The molecule has 1 heterocycles. The zero-order chi connectivity index (χ0) is 22.3. The van der Waals surface area contributed by atoms with Gasteiger partial charge in [-0.2, -0.15) is 0 Å². The van der Waals surface area contributed by atoms with Crippen LogP contribution in [0.2, 0.25) is 0 Å². The van der Waals surface area contributed by atoms with Crippen LogP contribution >= 0.6 is 11.3 Å². The van der Waals surface area contributed by atoms with Crippen LogP contribution in [0, 0.1) is 46.7 Å². The molecule has 6 atom stereocenters. The number of allylic oxidation sites excluding steroid dienone is 2. The molecule has 32 heavy (non-hydrogen) atoms. The van der Waals surface area contributed by atoms with Crippen molar-refractivity contribution >= 4 is 16.9 Å². The van der Waals surface area contributed by atoms with Gasteiger partial charge in [0.05, 0.1) is 10.6 Å². The smallest absolute Gasteiger partial charge is 0.130 e. The maximum absolute atomic E-state index is 13.8. The molecule has 0 unspecified atom stereocenters. The Morgan fingerprint density at radius 2 is 2.00 bits per heavy atom. The molecule has 166 valence electrons. The van der Waals surface area contributed by atoms with Crippen molar-refractivity contribution in [3.05, 3.63) is 46.7 Å².